The first-order valence-corrected chi connectivity index (χ1v) is 8.86. The molecule has 2 fully saturated rings. The van der Waals surface area contributed by atoms with Gasteiger partial charge in [0.1, 0.15) is 0 Å². The Balaban J connectivity index is 1.68. The summed E-state index contributed by atoms with van der Waals surface area (Å²) in [5, 5.41) is 9.30. The summed E-state index contributed by atoms with van der Waals surface area (Å²) in [6.07, 6.45) is 4.55. The van der Waals surface area contributed by atoms with E-state index in [0.29, 0.717) is 18.7 Å². The first-order chi connectivity index (χ1) is 11.8. The molecule has 128 valence electrons. The van der Waals surface area contributed by atoms with Crippen molar-refractivity contribution in [2.24, 2.45) is 0 Å². The van der Waals surface area contributed by atoms with Gasteiger partial charge in [-0.25, -0.2) is 0 Å². The molecule has 0 bridgehead atoms. The average Bonchev–Trinajstić information content (AvgIpc) is 3.29. The van der Waals surface area contributed by atoms with Crippen LogP contribution in [0.15, 0.2) is 24.3 Å². The minimum absolute atomic E-state index is 0.194. The van der Waals surface area contributed by atoms with Gasteiger partial charge in [0.05, 0.1) is 24.3 Å². The molecule has 1 aromatic rings. The molecule has 5 heteroatoms. The maximum absolute atomic E-state index is 12.6. The lowest BCUT2D eigenvalue weighted by molar-refractivity contribution is -0.131. The van der Waals surface area contributed by atoms with Crippen molar-refractivity contribution in [2.45, 2.75) is 38.3 Å². The molecule has 0 aliphatic carbocycles. The molecule has 0 aromatic heterocycles. The Bertz CT molecular complexity index is 599. The van der Waals surface area contributed by atoms with Crippen molar-refractivity contribution in [3.8, 4) is 6.07 Å². The number of benzene rings is 1. The number of carbonyl (C=O) groups is 1. The Morgan fingerprint density at radius 2 is 2.08 bits per heavy atom. The Morgan fingerprint density at radius 1 is 1.29 bits per heavy atom. The van der Waals surface area contributed by atoms with Crippen molar-refractivity contribution in [1.29, 1.82) is 5.26 Å². The largest absolute Gasteiger partial charge is 0.377 e. The molecule has 0 N–H and O–H groups in total. The second kappa shape index (κ2) is 8.27. The summed E-state index contributed by atoms with van der Waals surface area (Å²) in [4.78, 5) is 16.7. The summed E-state index contributed by atoms with van der Waals surface area (Å²) in [5.74, 6) is 0.194. The molecule has 2 saturated heterocycles. The lowest BCUT2D eigenvalue weighted by Gasteiger charge is -2.27. The van der Waals surface area contributed by atoms with E-state index >= 15 is 0 Å². The SMILES string of the molecule is N#Cc1ccccc1CN(CC(=O)N1CCCC1)CC1CCCO1. The number of rotatable bonds is 6. The molecule has 1 atom stereocenters. The number of nitrogens with zero attached hydrogens (tertiary/aromatic N) is 3. The second-order valence-corrected chi connectivity index (χ2v) is 6.66. The number of nitriles is 1. The number of carbonyl (C=O) groups excluding carboxylic acids is 1. The molecule has 2 heterocycles. The number of hydrogen-bond donors (Lipinski definition) is 0. The van der Waals surface area contributed by atoms with E-state index < -0.39 is 0 Å². The van der Waals surface area contributed by atoms with E-state index in [-0.39, 0.29) is 12.0 Å². The number of hydrogen-bond acceptors (Lipinski definition) is 4. The van der Waals surface area contributed by atoms with Crippen LogP contribution in [0.1, 0.15) is 36.8 Å². The molecule has 1 amide bonds. The lowest BCUT2D eigenvalue weighted by atomic mass is 10.1. The number of ether oxygens (including phenoxy) is 1. The average molecular weight is 327 g/mol. The molecule has 2 aliphatic rings. The molecule has 2 aliphatic heterocycles. The summed E-state index contributed by atoms with van der Waals surface area (Å²) in [6.45, 7) is 4.33. The fourth-order valence-corrected chi connectivity index (χ4v) is 3.53. The van der Waals surface area contributed by atoms with Crippen molar-refractivity contribution < 1.29 is 9.53 Å². The van der Waals surface area contributed by atoms with Gasteiger partial charge in [-0.1, -0.05) is 18.2 Å². The van der Waals surface area contributed by atoms with Gasteiger partial charge in [-0.15, -0.1) is 0 Å². The first-order valence-electron chi connectivity index (χ1n) is 8.86. The van der Waals surface area contributed by atoms with E-state index in [0.717, 1.165) is 57.5 Å². The monoisotopic (exact) mass is 327 g/mol. The second-order valence-electron chi connectivity index (χ2n) is 6.66. The van der Waals surface area contributed by atoms with E-state index in [1.807, 2.05) is 29.2 Å². The number of amides is 1. The molecule has 0 spiro atoms. The zero-order valence-electron chi connectivity index (χ0n) is 14.1. The van der Waals surface area contributed by atoms with Gasteiger partial charge >= 0.3 is 0 Å². The van der Waals surface area contributed by atoms with Gasteiger partial charge < -0.3 is 9.64 Å². The molecule has 0 saturated carbocycles. The third kappa shape index (κ3) is 4.34. The Kier molecular flexibility index (Phi) is 5.84. The number of likely N-dealkylation sites (tertiary alicyclic amines) is 1. The summed E-state index contributed by atoms with van der Waals surface area (Å²) in [6, 6.07) is 9.88. The van der Waals surface area contributed by atoms with Crippen LogP contribution in [0.5, 0.6) is 0 Å². The predicted octanol–water partition coefficient (Wildman–Crippen LogP) is 2.16. The fourth-order valence-electron chi connectivity index (χ4n) is 3.53. The molecule has 1 aromatic carbocycles. The Morgan fingerprint density at radius 3 is 2.79 bits per heavy atom. The maximum atomic E-state index is 12.6. The summed E-state index contributed by atoms with van der Waals surface area (Å²) < 4.78 is 5.75. The van der Waals surface area contributed by atoms with Crippen molar-refractivity contribution in [3.63, 3.8) is 0 Å². The van der Waals surface area contributed by atoms with Gasteiger partial charge in [0, 0.05) is 32.8 Å². The quantitative estimate of drug-likeness (QED) is 0.803. The fraction of sp³-hybridized carbons (Fsp3) is 0.579. The lowest BCUT2D eigenvalue weighted by Crippen LogP contribution is -2.41. The van der Waals surface area contributed by atoms with Gasteiger partial charge in [-0.05, 0) is 37.3 Å². The van der Waals surface area contributed by atoms with Crippen LogP contribution in [0.2, 0.25) is 0 Å². The van der Waals surface area contributed by atoms with E-state index in [9.17, 15) is 10.1 Å². The van der Waals surface area contributed by atoms with Crippen LogP contribution in [0, 0.1) is 11.3 Å². The molecule has 5 nitrogen and oxygen atoms in total. The highest BCUT2D eigenvalue weighted by Gasteiger charge is 2.24. The van der Waals surface area contributed by atoms with E-state index in [4.69, 9.17) is 4.74 Å². The van der Waals surface area contributed by atoms with Crippen LogP contribution in [0.4, 0.5) is 0 Å². The van der Waals surface area contributed by atoms with Gasteiger partial charge in [0.25, 0.3) is 0 Å². The Hall–Kier alpha value is -1.90. The van der Waals surface area contributed by atoms with Gasteiger partial charge in [-0.3, -0.25) is 9.69 Å². The molecule has 3 rings (SSSR count). The Labute approximate surface area is 143 Å². The molecule has 24 heavy (non-hydrogen) atoms. The summed E-state index contributed by atoms with van der Waals surface area (Å²) in [7, 11) is 0. The van der Waals surface area contributed by atoms with Gasteiger partial charge in [0.15, 0.2) is 0 Å². The first kappa shape index (κ1) is 16.9. The molecule has 0 radical (unpaired) electrons. The highest BCUT2D eigenvalue weighted by molar-refractivity contribution is 5.78. The van der Waals surface area contributed by atoms with Crippen molar-refractivity contribution >= 4 is 5.91 Å². The minimum atomic E-state index is 0.194. The van der Waals surface area contributed by atoms with Gasteiger partial charge in [0.2, 0.25) is 5.91 Å². The van der Waals surface area contributed by atoms with E-state index in [1.54, 1.807) is 0 Å². The van der Waals surface area contributed by atoms with Crippen LogP contribution in [0.25, 0.3) is 0 Å². The van der Waals surface area contributed by atoms with Gasteiger partial charge in [-0.2, -0.15) is 5.26 Å². The maximum Gasteiger partial charge on any atom is 0.236 e. The van der Waals surface area contributed by atoms with Crippen molar-refractivity contribution in [1.82, 2.24) is 9.80 Å². The molecule has 1 unspecified atom stereocenters. The van der Waals surface area contributed by atoms with Crippen LogP contribution >= 0.6 is 0 Å². The summed E-state index contributed by atoms with van der Waals surface area (Å²) >= 11 is 0. The highest BCUT2D eigenvalue weighted by atomic mass is 16.5. The van der Waals surface area contributed by atoms with Crippen LogP contribution < -0.4 is 0 Å². The highest BCUT2D eigenvalue weighted by Crippen LogP contribution is 2.17. The minimum Gasteiger partial charge on any atom is -0.377 e. The van der Waals surface area contributed by atoms with Crippen molar-refractivity contribution in [2.75, 3.05) is 32.8 Å². The predicted molar refractivity (Wildman–Crippen MR) is 91.2 cm³/mol. The summed E-state index contributed by atoms with van der Waals surface area (Å²) in [5.41, 5.74) is 1.66. The van der Waals surface area contributed by atoms with Crippen LogP contribution in [-0.4, -0.2) is 54.6 Å². The molecular formula is C19H25N3O2. The zero-order valence-corrected chi connectivity index (χ0v) is 14.1. The van der Waals surface area contributed by atoms with Crippen LogP contribution in [-0.2, 0) is 16.1 Å². The third-order valence-electron chi connectivity index (χ3n) is 4.84. The zero-order chi connectivity index (χ0) is 16.8. The van der Waals surface area contributed by atoms with Crippen molar-refractivity contribution in [3.05, 3.63) is 35.4 Å². The topological polar surface area (TPSA) is 56.6 Å². The molecular weight excluding hydrogens is 302 g/mol. The van der Waals surface area contributed by atoms with E-state index in [2.05, 4.69) is 11.0 Å². The third-order valence-corrected chi connectivity index (χ3v) is 4.84. The van der Waals surface area contributed by atoms with E-state index in [1.165, 1.54) is 0 Å². The standard InChI is InChI=1S/C19H25N3O2/c20-12-16-6-1-2-7-17(16)13-21(14-18-8-5-11-24-18)15-19(23)22-9-3-4-10-22/h1-2,6-7,18H,3-5,8-11,13-15H2. The smallest absolute Gasteiger partial charge is 0.236 e. The van der Waals surface area contributed by atoms with Crippen LogP contribution in [0.3, 0.4) is 0 Å². The normalized spacial score (nSPS) is 20.5.